The third kappa shape index (κ3) is 9.23. The van der Waals surface area contributed by atoms with Crippen molar-refractivity contribution in [2.45, 2.75) is 27.7 Å². The van der Waals surface area contributed by atoms with Gasteiger partial charge in [-0.05, 0) is 97.8 Å². The monoisotopic (exact) mass is 694 g/mol. The maximum atomic E-state index is 11.9. The van der Waals surface area contributed by atoms with Crippen LogP contribution in [0.1, 0.15) is 38.8 Å². The Bertz CT molecular complexity index is 2050. The Morgan fingerprint density at radius 1 is 0.731 bits per heavy atom. The van der Waals surface area contributed by atoms with Gasteiger partial charge in [0.2, 0.25) is 0 Å². The number of ether oxygens (including phenoxy) is 2. The molecule has 0 spiro atoms. The van der Waals surface area contributed by atoms with E-state index in [1.54, 1.807) is 13.8 Å². The highest BCUT2D eigenvalue weighted by Gasteiger charge is 2.19. The molecule has 0 amide bonds. The van der Waals surface area contributed by atoms with Gasteiger partial charge in [-0.2, -0.15) is 0 Å². The smallest absolute Gasteiger partial charge is 0.333 e. The Labute approximate surface area is 307 Å². The fourth-order valence-electron chi connectivity index (χ4n) is 6.14. The lowest BCUT2D eigenvalue weighted by Crippen LogP contribution is -2.28. The third-order valence-corrected chi connectivity index (χ3v) is 8.94. The summed E-state index contributed by atoms with van der Waals surface area (Å²) in [5.41, 5.74) is 9.33. The second kappa shape index (κ2) is 17.8. The SMILES string of the molecule is C=C(C)C(=O)OCCN(CC)c1ccc(C(=C2C=CC(=[N+](CC)CCOC(=O)C(=C)C)C=C2)c2ccc(Nc3ccccc3)c3ccccc23)cc1. The van der Waals surface area contributed by atoms with Crippen molar-refractivity contribution in [3.63, 3.8) is 0 Å². The highest BCUT2D eigenvalue weighted by Crippen LogP contribution is 2.38. The summed E-state index contributed by atoms with van der Waals surface area (Å²) >= 11 is 0. The first-order valence-corrected chi connectivity index (χ1v) is 17.8. The van der Waals surface area contributed by atoms with Crippen molar-refractivity contribution in [2.75, 3.05) is 49.6 Å². The van der Waals surface area contributed by atoms with Crippen molar-refractivity contribution in [2.24, 2.45) is 0 Å². The van der Waals surface area contributed by atoms with Crippen LogP contribution in [0.3, 0.4) is 0 Å². The van der Waals surface area contributed by atoms with Gasteiger partial charge in [0.1, 0.15) is 19.8 Å². The lowest BCUT2D eigenvalue weighted by molar-refractivity contribution is -0.524. The van der Waals surface area contributed by atoms with Gasteiger partial charge in [-0.15, -0.1) is 0 Å². The summed E-state index contributed by atoms with van der Waals surface area (Å²) in [6.07, 6.45) is 8.60. The Kier molecular flexibility index (Phi) is 12.8. The third-order valence-electron chi connectivity index (χ3n) is 8.94. The number of hydrogen-bond acceptors (Lipinski definition) is 6. The number of nitrogens with one attached hydrogen (secondary N) is 1. The molecule has 1 N–H and O–H groups in total. The highest BCUT2D eigenvalue weighted by molar-refractivity contribution is 6.08. The van der Waals surface area contributed by atoms with Crippen molar-refractivity contribution >= 4 is 51.1 Å². The molecule has 7 heteroatoms. The zero-order chi connectivity index (χ0) is 37.0. The Balaban J connectivity index is 1.54. The largest absolute Gasteiger partial charge is 0.460 e. The number of fused-ring (bicyclic) bond motifs is 1. The summed E-state index contributed by atoms with van der Waals surface area (Å²) in [6.45, 7) is 18.1. The average Bonchev–Trinajstić information content (AvgIpc) is 3.17. The van der Waals surface area contributed by atoms with Crippen molar-refractivity contribution in [3.05, 3.63) is 156 Å². The Morgan fingerprint density at radius 2 is 1.35 bits per heavy atom. The number of benzene rings is 4. The Morgan fingerprint density at radius 3 is 1.96 bits per heavy atom. The van der Waals surface area contributed by atoms with Crippen LogP contribution in [0, 0.1) is 0 Å². The fourth-order valence-corrected chi connectivity index (χ4v) is 6.14. The van der Waals surface area contributed by atoms with E-state index in [2.05, 4.69) is 139 Å². The molecule has 52 heavy (non-hydrogen) atoms. The fraction of sp³-hybridized carbons (Fsp3) is 0.222. The summed E-state index contributed by atoms with van der Waals surface area (Å²) in [5, 5.41) is 5.87. The van der Waals surface area contributed by atoms with Gasteiger partial charge in [0.25, 0.3) is 0 Å². The summed E-state index contributed by atoms with van der Waals surface area (Å²) in [6, 6.07) is 31.7. The highest BCUT2D eigenvalue weighted by atomic mass is 16.5. The van der Waals surface area contributed by atoms with Crippen LogP contribution in [-0.2, 0) is 19.1 Å². The zero-order valence-corrected chi connectivity index (χ0v) is 30.7. The average molecular weight is 695 g/mol. The van der Waals surface area contributed by atoms with E-state index in [1.165, 1.54) is 0 Å². The van der Waals surface area contributed by atoms with Gasteiger partial charge < -0.3 is 19.7 Å². The number of nitrogens with zero attached hydrogens (tertiary/aromatic N) is 2. The van der Waals surface area contributed by atoms with Crippen LogP contribution in [0.15, 0.2) is 145 Å². The number of anilines is 3. The molecule has 0 unspecified atom stereocenters. The van der Waals surface area contributed by atoms with Crippen LogP contribution >= 0.6 is 0 Å². The van der Waals surface area contributed by atoms with Crippen molar-refractivity contribution in [3.8, 4) is 0 Å². The Hall–Kier alpha value is -5.95. The zero-order valence-electron chi connectivity index (χ0n) is 30.7. The maximum Gasteiger partial charge on any atom is 0.333 e. The van der Waals surface area contributed by atoms with E-state index in [1.807, 2.05) is 18.2 Å². The second-order valence-electron chi connectivity index (χ2n) is 12.7. The molecule has 266 valence electrons. The van der Waals surface area contributed by atoms with Crippen LogP contribution in [0.2, 0.25) is 0 Å². The van der Waals surface area contributed by atoms with E-state index in [4.69, 9.17) is 9.47 Å². The van der Waals surface area contributed by atoms with Crippen molar-refractivity contribution in [1.29, 1.82) is 0 Å². The molecule has 4 aromatic rings. The minimum atomic E-state index is -0.373. The number of allylic oxidation sites excluding steroid dienone is 5. The summed E-state index contributed by atoms with van der Waals surface area (Å²) in [5.74, 6) is -0.746. The molecule has 0 saturated heterocycles. The van der Waals surface area contributed by atoms with E-state index in [0.29, 0.717) is 24.2 Å². The molecule has 0 fully saturated rings. The molecule has 0 aliphatic heterocycles. The molecule has 0 bridgehead atoms. The second-order valence-corrected chi connectivity index (χ2v) is 12.7. The first-order valence-electron chi connectivity index (χ1n) is 17.8. The van der Waals surface area contributed by atoms with Gasteiger partial charge in [0.05, 0.1) is 6.54 Å². The van der Waals surface area contributed by atoms with E-state index >= 15 is 0 Å². The van der Waals surface area contributed by atoms with Gasteiger partial charge in [0, 0.05) is 52.3 Å². The first-order chi connectivity index (χ1) is 25.2. The quantitative estimate of drug-likeness (QED) is 0.0761. The van der Waals surface area contributed by atoms with E-state index < -0.39 is 0 Å². The molecule has 7 nitrogen and oxygen atoms in total. The predicted octanol–water partition coefficient (Wildman–Crippen LogP) is 9.05. The van der Waals surface area contributed by atoms with Crippen molar-refractivity contribution < 1.29 is 23.6 Å². The lowest BCUT2D eigenvalue weighted by atomic mass is 9.87. The number of carbonyl (C=O) groups excluding carboxylic acids is 2. The minimum absolute atomic E-state index is 0.283. The van der Waals surface area contributed by atoms with Gasteiger partial charge in [-0.25, -0.2) is 14.2 Å². The minimum Gasteiger partial charge on any atom is -0.460 e. The molecule has 1 aliphatic rings. The summed E-state index contributed by atoms with van der Waals surface area (Å²) < 4.78 is 13.0. The van der Waals surface area contributed by atoms with Gasteiger partial charge in [-0.1, -0.05) is 73.8 Å². The molecule has 5 rings (SSSR count). The summed E-state index contributed by atoms with van der Waals surface area (Å²) in [4.78, 5) is 26.1. The molecule has 0 radical (unpaired) electrons. The number of esters is 2. The number of likely N-dealkylation sites (N-methyl/N-ethyl adjacent to an activating group) is 2. The molecule has 0 atom stereocenters. The van der Waals surface area contributed by atoms with Crippen LogP contribution < -0.4 is 10.2 Å². The van der Waals surface area contributed by atoms with Crippen LogP contribution in [0.5, 0.6) is 0 Å². The molecular weight excluding hydrogens is 647 g/mol. The normalized spacial score (nSPS) is 12.0. The van der Waals surface area contributed by atoms with Gasteiger partial charge >= 0.3 is 11.9 Å². The van der Waals surface area contributed by atoms with Crippen molar-refractivity contribution in [1.82, 2.24) is 0 Å². The van der Waals surface area contributed by atoms with Gasteiger partial charge in [0.15, 0.2) is 12.3 Å². The van der Waals surface area contributed by atoms with E-state index in [-0.39, 0.29) is 25.2 Å². The number of carbonyl (C=O) groups is 2. The molecule has 0 saturated carbocycles. The van der Waals surface area contributed by atoms with Crippen LogP contribution in [-0.4, -0.2) is 61.6 Å². The number of rotatable bonds is 15. The summed E-state index contributed by atoms with van der Waals surface area (Å²) in [7, 11) is 0. The van der Waals surface area contributed by atoms with E-state index in [0.717, 1.165) is 68.9 Å². The first kappa shape index (κ1) is 37.3. The molecule has 4 aromatic carbocycles. The molecule has 0 heterocycles. The number of hydrogen-bond donors (Lipinski definition) is 1. The standard InChI is InChI=1S/C45H47N3O4/c1-7-47(28-30-51-44(49)32(3)4)37-22-18-34(19-23-37)43(35-20-24-38(25-21-35)48(8-2)29-31-52-45(50)33(5)6)41-26-27-42(40-17-13-12-16-39(40)41)46-36-14-10-9-11-15-36/h9-27H,3,5,7-8,28-31H2,1-2,4,6H3/p+1. The maximum absolute atomic E-state index is 11.9. The van der Waals surface area contributed by atoms with E-state index in [9.17, 15) is 9.59 Å². The van der Waals surface area contributed by atoms with Crippen LogP contribution in [0.25, 0.3) is 16.3 Å². The van der Waals surface area contributed by atoms with Gasteiger partial charge in [-0.3, -0.25) is 0 Å². The number of para-hydroxylation sites is 1. The predicted molar refractivity (Wildman–Crippen MR) is 215 cm³/mol. The van der Waals surface area contributed by atoms with Crippen LogP contribution in [0.4, 0.5) is 17.1 Å². The molecule has 1 aliphatic carbocycles. The lowest BCUT2D eigenvalue weighted by Gasteiger charge is -2.24. The molecular formula is C45H48N3O4+. The molecule has 0 aromatic heterocycles. The topological polar surface area (TPSA) is 70.9 Å².